The molecular weight excluding hydrogens is 389 g/mol. The number of benzene rings is 1. The molecule has 27 heavy (non-hydrogen) atoms. The number of hydrogen-bond donors (Lipinski definition) is 3. The predicted octanol–water partition coefficient (Wildman–Crippen LogP) is 3.59. The number of alkyl halides is 3. The first-order valence-electron chi connectivity index (χ1n) is 8.14. The van der Waals surface area contributed by atoms with E-state index in [1.54, 1.807) is 0 Å². The predicted molar refractivity (Wildman–Crippen MR) is 89.5 cm³/mol. The molecule has 2 atom stereocenters. The third kappa shape index (κ3) is 4.26. The van der Waals surface area contributed by atoms with Crippen molar-refractivity contribution in [3.05, 3.63) is 46.3 Å². The molecule has 1 aliphatic rings. The normalized spacial score (nSPS) is 23.3. The van der Waals surface area contributed by atoms with Crippen molar-refractivity contribution in [2.24, 2.45) is 0 Å². The Kier molecular flexibility index (Phi) is 5.45. The summed E-state index contributed by atoms with van der Waals surface area (Å²) in [6.45, 7) is 0. The molecule has 1 heterocycles. The highest BCUT2D eigenvalue weighted by molar-refractivity contribution is 6.33. The molecule has 2 aromatic rings. The molecule has 6 nitrogen and oxygen atoms in total. The standard InChI is InChI=1S/C17H16ClF3N2O4/c18-15-11(17(19,20)21)1-2-12(22-16(26)13-3-4-27-23-13)14(15)8-5-9(24)7-10(25)6-8/h1-4,8-10,24-25H,5-7H2,(H,22,26). The number of rotatable bonds is 3. The van der Waals surface area contributed by atoms with Crippen LogP contribution in [0.25, 0.3) is 0 Å². The van der Waals surface area contributed by atoms with Gasteiger partial charge in [-0.3, -0.25) is 4.79 Å². The number of nitrogens with one attached hydrogen (secondary N) is 1. The van der Waals surface area contributed by atoms with Crippen LogP contribution in [0.2, 0.25) is 5.02 Å². The summed E-state index contributed by atoms with van der Waals surface area (Å²) in [6.07, 6.45) is -4.91. The lowest BCUT2D eigenvalue weighted by Gasteiger charge is -2.32. The summed E-state index contributed by atoms with van der Waals surface area (Å²) in [7, 11) is 0. The number of carbonyl (C=O) groups is 1. The third-order valence-electron chi connectivity index (χ3n) is 4.47. The molecule has 2 unspecified atom stereocenters. The van der Waals surface area contributed by atoms with E-state index in [0.29, 0.717) is 0 Å². The number of carbonyl (C=O) groups excluding carboxylic acids is 1. The van der Waals surface area contributed by atoms with Crippen LogP contribution in [0.1, 0.15) is 46.8 Å². The number of nitrogens with zero attached hydrogens (tertiary/aromatic N) is 1. The van der Waals surface area contributed by atoms with Gasteiger partial charge in [0.25, 0.3) is 5.91 Å². The van der Waals surface area contributed by atoms with Crippen molar-refractivity contribution in [3.63, 3.8) is 0 Å². The minimum atomic E-state index is -4.69. The van der Waals surface area contributed by atoms with Crippen molar-refractivity contribution in [1.29, 1.82) is 0 Å². The van der Waals surface area contributed by atoms with Crippen LogP contribution < -0.4 is 5.32 Å². The Morgan fingerprint density at radius 1 is 1.19 bits per heavy atom. The lowest BCUT2D eigenvalue weighted by atomic mass is 9.79. The number of amides is 1. The zero-order valence-electron chi connectivity index (χ0n) is 13.8. The second-order valence-electron chi connectivity index (χ2n) is 6.44. The summed E-state index contributed by atoms with van der Waals surface area (Å²) in [5, 5.41) is 25.2. The largest absolute Gasteiger partial charge is 0.417 e. The summed E-state index contributed by atoms with van der Waals surface area (Å²) in [5.74, 6) is -1.34. The van der Waals surface area contributed by atoms with E-state index in [4.69, 9.17) is 11.6 Å². The quantitative estimate of drug-likeness (QED) is 0.726. The fourth-order valence-electron chi connectivity index (χ4n) is 3.33. The molecule has 1 aromatic heterocycles. The molecule has 10 heteroatoms. The molecular formula is C17H16ClF3N2O4. The molecule has 0 saturated heterocycles. The van der Waals surface area contributed by atoms with Crippen LogP contribution >= 0.6 is 11.6 Å². The molecule has 1 amide bonds. The number of hydrogen-bond acceptors (Lipinski definition) is 5. The van der Waals surface area contributed by atoms with Gasteiger partial charge in [-0.2, -0.15) is 13.2 Å². The van der Waals surface area contributed by atoms with E-state index in [9.17, 15) is 28.2 Å². The number of aliphatic hydroxyl groups is 2. The van der Waals surface area contributed by atoms with Gasteiger partial charge < -0.3 is 20.1 Å². The van der Waals surface area contributed by atoms with Gasteiger partial charge in [-0.25, -0.2) is 0 Å². The summed E-state index contributed by atoms with van der Waals surface area (Å²) in [5.41, 5.74) is -1.01. The van der Waals surface area contributed by atoms with E-state index in [0.717, 1.165) is 12.1 Å². The highest BCUT2D eigenvalue weighted by Gasteiger charge is 2.38. The van der Waals surface area contributed by atoms with Gasteiger partial charge >= 0.3 is 6.18 Å². The molecule has 146 valence electrons. The summed E-state index contributed by atoms with van der Waals surface area (Å²) < 4.78 is 44.4. The molecule has 0 spiro atoms. The fraction of sp³-hybridized carbons (Fsp3) is 0.412. The first-order chi connectivity index (χ1) is 12.7. The van der Waals surface area contributed by atoms with E-state index in [1.165, 1.54) is 12.3 Å². The Balaban J connectivity index is 2.04. The fourth-order valence-corrected chi connectivity index (χ4v) is 3.76. The maximum absolute atomic E-state index is 13.3. The Morgan fingerprint density at radius 3 is 2.41 bits per heavy atom. The molecule has 1 saturated carbocycles. The van der Waals surface area contributed by atoms with Crippen molar-refractivity contribution < 1.29 is 32.7 Å². The van der Waals surface area contributed by atoms with E-state index in [-0.39, 0.29) is 36.2 Å². The Morgan fingerprint density at radius 2 is 1.85 bits per heavy atom. The van der Waals surface area contributed by atoms with Crippen LogP contribution in [0.3, 0.4) is 0 Å². The van der Waals surface area contributed by atoms with Crippen molar-refractivity contribution in [1.82, 2.24) is 5.16 Å². The topological polar surface area (TPSA) is 95.6 Å². The highest BCUT2D eigenvalue weighted by Crippen LogP contribution is 2.45. The molecule has 1 aromatic carbocycles. The summed E-state index contributed by atoms with van der Waals surface area (Å²) in [4.78, 5) is 12.2. The van der Waals surface area contributed by atoms with Gasteiger partial charge in [-0.1, -0.05) is 16.8 Å². The summed E-state index contributed by atoms with van der Waals surface area (Å²) >= 11 is 6.07. The maximum Gasteiger partial charge on any atom is 0.417 e. The SMILES string of the molecule is O=C(Nc1ccc(C(F)(F)F)c(Cl)c1C1CC(O)CC(O)C1)c1ccon1. The van der Waals surface area contributed by atoms with Crippen molar-refractivity contribution in [2.75, 3.05) is 5.32 Å². The van der Waals surface area contributed by atoms with Crippen LogP contribution in [-0.2, 0) is 6.18 Å². The molecule has 0 aliphatic heterocycles. The number of anilines is 1. The van der Waals surface area contributed by atoms with Gasteiger partial charge in [0.05, 0.1) is 22.8 Å². The Bertz CT molecular complexity index is 816. The maximum atomic E-state index is 13.3. The van der Waals surface area contributed by atoms with Crippen LogP contribution in [0, 0.1) is 0 Å². The minimum Gasteiger partial charge on any atom is -0.393 e. The number of halogens is 4. The van der Waals surface area contributed by atoms with Crippen molar-refractivity contribution in [3.8, 4) is 0 Å². The van der Waals surface area contributed by atoms with Crippen molar-refractivity contribution in [2.45, 2.75) is 43.6 Å². The first kappa shape index (κ1) is 19.7. The smallest absolute Gasteiger partial charge is 0.393 e. The van der Waals surface area contributed by atoms with Gasteiger partial charge in [0.15, 0.2) is 5.69 Å². The van der Waals surface area contributed by atoms with Crippen LogP contribution in [-0.4, -0.2) is 33.5 Å². The lowest BCUT2D eigenvalue weighted by molar-refractivity contribution is -0.137. The van der Waals surface area contributed by atoms with Crippen LogP contribution in [0.5, 0.6) is 0 Å². The van der Waals surface area contributed by atoms with Gasteiger partial charge in [-0.05, 0) is 42.9 Å². The second-order valence-corrected chi connectivity index (χ2v) is 6.81. The van der Waals surface area contributed by atoms with Gasteiger partial charge in [0.1, 0.15) is 6.26 Å². The average Bonchev–Trinajstić information content (AvgIpc) is 3.07. The van der Waals surface area contributed by atoms with E-state index in [1.807, 2.05) is 0 Å². The lowest BCUT2D eigenvalue weighted by Crippen LogP contribution is -2.29. The zero-order chi connectivity index (χ0) is 19.8. The molecule has 1 fully saturated rings. The van der Waals surface area contributed by atoms with Gasteiger partial charge in [0, 0.05) is 11.8 Å². The second kappa shape index (κ2) is 7.49. The van der Waals surface area contributed by atoms with Gasteiger partial charge in [0.2, 0.25) is 0 Å². The van der Waals surface area contributed by atoms with E-state index in [2.05, 4.69) is 15.0 Å². The minimum absolute atomic E-state index is 0.0288. The van der Waals surface area contributed by atoms with E-state index < -0.39 is 40.8 Å². The zero-order valence-corrected chi connectivity index (χ0v) is 14.6. The number of aromatic nitrogens is 1. The molecule has 3 rings (SSSR count). The third-order valence-corrected chi connectivity index (χ3v) is 4.88. The molecule has 0 radical (unpaired) electrons. The first-order valence-corrected chi connectivity index (χ1v) is 8.52. The van der Waals surface area contributed by atoms with Crippen LogP contribution in [0.15, 0.2) is 29.0 Å². The van der Waals surface area contributed by atoms with E-state index >= 15 is 0 Å². The Hall–Kier alpha value is -2.10. The van der Waals surface area contributed by atoms with Crippen molar-refractivity contribution >= 4 is 23.2 Å². The molecule has 0 bridgehead atoms. The molecule has 3 N–H and O–H groups in total. The monoisotopic (exact) mass is 404 g/mol. The average molecular weight is 405 g/mol. The van der Waals surface area contributed by atoms with Crippen LogP contribution in [0.4, 0.5) is 18.9 Å². The Labute approximate surface area is 156 Å². The number of aliphatic hydroxyl groups excluding tert-OH is 2. The molecule has 1 aliphatic carbocycles. The highest BCUT2D eigenvalue weighted by atomic mass is 35.5. The van der Waals surface area contributed by atoms with Gasteiger partial charge in [-0.15, -0.1) is 0 Å². The summed E-state index contributed by atoms with van der Waals surface area (Å²) in [6, 6.07) is 3.18.